The average Bonchev–Trinajstić information content (AvgIpc) is 3.89. The van der Waals surface area contributed by atoms with E-state index in [1.165, 1.54) is 29.8 Å². The molecule has 374 valence electrons. The SMILES string of the molecule is [2H]C(C)(C)c1ccc(-n2c(-c3cc(C(C)C)cc(C(C)C)c3O)nc3c(-c4[c-]c(-c5cc(-c6ccc(C(C(=O)OO)(C([2H])([2H])[2H])C([2H])([2H])[2H])cc6)ccn5)cc(-c5ccccc5)c4)cccc32)c(-c2ccc(C(C)(C)C)cc2)c1.[Pt]. The molecule has 0 fully saturated rings. The second kappa shape index (κ2) is 20.9. The average molecular weight is 1150 g/mol. The number of benzene rings is 7. The van der Waals surface area contributed by atoms with Gasteiger partial charge in [-0.25, -0.2) is 9.78 Å². The van der Waals surface area contributed by atoms with E-state index in [4.69, 9.17) is 19.6 Å². The fourth-order valence-electron chi connectivity index (χ4n) is 9.29. The number of aromatic nitrogens is 3. The first-order valence-electron chi connectivity index (χ1n) is 27.8. The summed E-state index contributed by atoms with van der Waals surface area (Å²) in [5.41, 5.74) is 10.7. The smallest absolute Gasteiger partial charge is 0.351 e. The van der Waals surface area contributed by atoms with Crippen LogP contribution in [-0.4, -0.2) is 30.9 Å². The van der Waals surface area contributed by atoms with Crippen molar-refractivity contribution in [2.45, 2.75) is 105 Å². The normalized spacial score (nSPS) is 13.8. The van der Waals surface area contributed by atoms with Gasteiger partial charge in [-0.05, 0) is 117 Å². The molecule has 0 atom stereocenters. The van der Waals surface area contributed by atoms with Crippen LogP contribution in [0.25, 0.3) is 83.9 Å². The first-order valence-corrected chi connectivity index (χ1v) is 24.3. The van der Waals surface area contributed by atoms with E-state index in [-0.39, 0.29) is 49.6 Å². The Hall–Kier alpha value is -6.92. The zero-order valence-electron chi connectivity index (χ0n) is 49.5. The molecule has 9 aromatic rings. The zero-order chi connectivity index (χ0) is 57.1. The van der Waals surface area contributed by atoms with Gasteiger partial charge in [0.2, 0.25) is 0 Å². The topological polar surface area (TPSA) is 97.5 Å². The van der Waals surface area contributed by atoms with Crippen molar-refractivity contribution in [3.8, 4) is 78.6 Å². The van der Waals surface area contributed by atoms with Crippen LogP contribution >= 0.6 is 0 Å². The minimum atomic E-state index is -3.42. The molecule has 2 N–H and O–H groups in total. The van der Waals surface area contributed by atoms with Gasteiger partial charge in [0.05, 0.1) is 27.7 Å². The Bertz CT molecular complexity index is 3730. The van der Waals surface area contributed by atoms with Crippen molar-refractivity contribution in [2.24, 2.45) is 0 Å². The van der Waals surface area contributed by atoms with Gasteiger partial charge in [0, 0.05) is 48.1 Å². The number of imidazole rings is 1. The van der Waals surface area contributed by atoms with Gasteiger partial charge < -0.3 is 9.99 Å². The third kappa shape index (κ3) is 10.4. The maximum Gasteiger partial charge on any atom is 0.351 e. The number of hydrogen-bond donors (Lipinski definition) is 2. The summed E-state index contributed by atoms with van der Waals surface area (Å²) in [7, 11) is 0. The summed E-state index contributed by atoms with van der Waals surface area (Å²) in [6.07, 6.45) is 1.64. The van der Waals surface area contributed by atoms with Crippen molar-refractivity contribution in [3.63, 3.8) is 0 Å². The minimum absolute atomic E-state index is 0. The van der Waals surface area contributed by atoms with Gasteiger partial charge in [0.15, 0.2) is 0 Å². The summed E-state index contributed by atoms with van der Waals surface area (Å²) in [6.45, 7) is 11.9. The molecule has 7 nitrogen and oxygen atoms in total. The molecule has 0 saturated heterocycles. The second-order valence-electron chi connectivity index (χ2n) is 20.5. The number of pyridine rings is 1. The van der Waals surface area contributed by atoms with Crippen molar-refractivity contribution in [1.82, 2.24) is 14.5 Å². The Labute approximate surface area is 455 Å². The van der Waals surface area contributed by atoms with E-state index < -0.39 is 31.0 Å². The molecule has 2 aromatic heterocycles. The third-order valence-corrected chi connectivity index (χ3v) is 13.6. The number of carbonyl (C=O) groups excluding carboxylic acids is 1. The Morgan fingerprint density at radius 1 is 0.658 bits per heavy atom. The van der Waals surface area contributed by atoms with Crippen molar-refractivity contribution in [3.05, 3.63) is 192 Å². The molecule has 8 heteroatoms. The first kappa shape index (κ1) is 43.6. The number of fused-ring (bicyclic) bond motifs is 1. The van der Waals surface area contributed by atoms with E-state index >= 15 is 0 Å². The molecule has 0 aliphatic rings. The van der Waals surface area contributed by atoms with Crippen molar-refractivity contribution >= 4 is 17.0 Å². The zero-order valence-corrected chi connectivity index (χ0v) is 44.8. The van der Waals surface area contributed by atoms with Gasteiger partial charge in [0.25, 0.3) is 0 Å². The summed E-state index contributed by atoms with van der Waals surface area (Å²) >= 11 is 0. The quantitative estimate of drug-likeness (QED) is 0.0719. The van der Waals surface area contributed by atoms with E-state index in [1.54, 1.807) is 12.3 Å². The van der Waals surface area contributed by atoms with Gasteiger partial charge in [-0.3, -0.25) is 9.55 Å². The van der Waals surface area contributed by atoms with Gasteiger partial charge in [-0.2, -0.15) is 5.26 Å². The Morgan fingerprint density at radius 2 is 1.32 bits per heavy atom. The van der Waals surface area contributed by atoms with Crippen LogP contribution in [0.5, 0.6) is 5.75 Å². The van der Waals surface area contributed by atoms with Crippen LogP contribution in [-0.2, 0) is 41.6 Å². The fraction of sp³-hybridized carbons (Fsp3) is 0.246. The summed E-state index contributed by atoms with van der Waals surface area (Å²) in [5, 5.41) is 21.8. The van der Waals surface area contributed by atoms with E-state index in [1.807, 2.05) is 80.6 Å². The Morgan fingerprint density at radius 3 is 1.96 bits per heavy atom. The molecule has 7 aromatic carbocycles. The predicted molar refractivity (Wildman–Crippen MR) is 295 cm³/mol. The number of rotatable bonds is 12. The van der Waals surface area contributed by atoms with Gasteiger partial charge >= 0.3 is 5.97 Å². The standard InChI is InChI=1S/C65H64N3O4.Pt/c1-39(2)45-24-29-58(55(35-45)44-22-25-51(26-23-44)64(7,8)9)68-59-19-15-18-53(60(59)67-62(68)56-37-47(40(3)4)36-54(41(5)6)61(56)69)49-32-48(42-16-13-12-14-17-42)33-50(34-49)57-38-46(30-31-66-57)43-20-27-52(28-21-43)65(10,11)63(70)72-71;/h12-33,35-41,69,71H,1-11H3;/q-1;/i10D3,11D3,39D;. The largest absolute Gasteiger partial charge is 0.507 e. The summed E-state index contributed by atoms with van der Waals surface area (Å²) < 4.78 is 60.3. The van der Waals surface area contributed by atoms with E-state index in [9.17, 15) is 15.2 Å². The van der Waals surface area contributed by atoms with Crippen molar-refractivity contribution < 1.29 is 50.7 Å². The molecular weight excluding hydrogens is 1080 g/mol. The molecular formula is C65H64N3O4Pt-. The second-order valence-corrected chi connectivity index (χ2v) is 20.5. The molecule has 9 rings (SSSR count). The van der Waals surface area contributed by atoms with Crippen LogP contribution in [0.15, 0.2) is 158 Å². The van der Waals surface area contributed by atoms with Crippen LogP contribution in [0.4, 0.5) is 0 Å². The van der Waals surface area contributed by atoms with Crippen LogP contribution in [0.3, 0.4) is 0 Å². The van der Waals surface area contributed by atoms with Crippen LogP contribution in [0.2, 0.25) is 0 Å². The monoisotopic (exact) mass is 1150 g/mol. The molecule has 73 heavy (non-hydrogen) atoms. The Balaban J connectivity index is 0.00000841. The van der Waals surface area contributed by atoms with E-state index in [0.717, 1.165) is 55.7 Å². The minimum Gasteiger partial charge on any atom is -0.507 e. The summed E-state index contributed by atoms with van der Waals surface area (Å²) in [4.78, 5) is 27.2. The van der Waals surface area contributed by atoms with Gasteiger partial charge in [-0.15, -0.1) is 23.8 Å². The third-order valence-electron chi connectivity index (χ3n) is 13.6. The molecule has 0 radical (unpaired) electrons. The van der Waals surface area contributed by atoms with Crippen molar-refractivity contribution in [1.29, 1.82) is 0 Å². The number of phenolic OH excluding ortho intramolecular Hbond substituents is 1. The fourth-order valence-corrected chi connectivity index (χ4v) is 9.29. The van der Waals surface area contributed by atoms with E-state index in [2.05, 4.69) is 119 Å². The number of aromatic hydroxyl groups is 1. The van der Waals surface area contributed by atoms with Crippen molar-refractivity contribution in [2.75, 3.05) is 0 Å². The van der Waals surface area contributed by atoms with Gasteiger partial charge in [-0.1, -0.05) is 188 Å². The first-order chi connectivity index (χ1) is 37.1. The Kier molecular flexibility index (Phi) is 12.5. The molecule has 0 amide bonds. The number of nitrogens with zero attached hydrogens (tertiary/aromatic N) is 3. The maximum atomic E-state index is 13.0. The van der Waals surface area contributed by atoms with Crippen LogP contribution in [0, 0.1) is 6.07 Å². The molecule has 0 unspecified atom stereocenters. The molecule has 0 spiro atoms. The molecule has 0 bridgehead atoms. The number of hydrogen-bond acceptors (Lipinski definition) is 6. The maximum absolute atomic E-state index is 13.0. The summed E-state index contributed by atoms with van der Waals surface area (Å²) in [6, 6.07) is 51.9. The van der Waals surface area contributed by atoms with Crippen LogP contribution < -0.4 is 0 Å². The molecule has 2 heterocycles. The predicted octanol–water partition coefficient (Wildman–Crippen LogP) is 16.9. The number of para-hydroxylation sites is 1. The molecule has 0 aliphatic carbocycles. The molecule has 0 aliphatic heterocycles. The van der Waals surface area contributed by atoms with Crippen LogP contribution in [0.1, 0.15) is 131 Å². The summed E-state index contributed by atoms with van der Waals surface area (Å²) in [5.74, 6) is -1.89. The van der Waals surface area contributed by atoms with E-state index in [0.29, 0.717) is 44.9 Å². The molecule has 0 saturated carbocycles. The number of carbonyl (C=O) groups is 1. The van der Waals surface area contributed by atoms with Gasteiger partial charge in [0.1, 0.15) is 11.6 Å². The number of phenols is 1.